The van der Waals surface area contributed by atoms with Gasteiger partial charge in [0.1, 0.15) is 0 Å². The molecule has 3 nitrogen and oxygen atoms in total. The highest BCUT2D eigenvalue weighted by molar-refractivity contribution is 8.03. The molecule has 130 valence electrons. The van der Waals surface area contributed by atoms with Gasteiger partial charge >= 0.3 is 0 Å². The lowest BCUT2D eigenvalue weighted by Crippen LogP contribution is -2.11. The smallest absolute Gasteiger partial charge is 0.192 e. The number of aromatic nitrogens is 2. The van der Waals surface area contributed by atoms with Crippen molar-refractivity contribution < 1.29 is 0 Å². The number of thioether (sulfide) groups is 1. The van der Waals surface area contributed by atoms with Crippen molar-refractivity contribution in [2.45, 2.75) is 31.2 Å². The van der Waals surface area contributed by atoms with E-state index in [4.69, 9.17) is 0 Å². The van der Waals surface area contributed by atoms with Crippen molar-refractivity contribution in [1.29, 1.82) is 0 Å². The van der Waals surface area contributed by atoms with Crippen LogP contribution in [-0.4, -0.2) is 9.55 Å². The molecule has 2 heterocycles. The maximum Gasteiger partial charge on any atom is 0.192 e. The van der Waals surface area contributed by atoms with E-state index in [-0.39, 0.29) is 5.43 Å². The molecule has 2 aromatic heterocycles. The fourth-order valence-corrected chi connectivity index (χ4v) is 4.20. The lowest BCUT2D eigenvalue weighted by Gasteiger charge is -2.18. The molecule has 0 amide bonds. The topological polar surface area (TPSA) is 34.9 Å². The second-order valence-electron chi connectivity index (χ2n) is 6.25. The van der Waals surface area contributed by atoms with Gasteiger partial charge in [-0.3, -0.25) is 9.78 Å². The van der Waals surface area contributed by atoms with Crippen LogP contribution in [0.15, 0.2) is 81.6 Å². The van der Waals surface area contributed by atoms with Crippen LogP contribution < -0.4 is 5.43 Å². The Morgan fingerprint density at radius 1 is 1.15 bits per heavy atom. The average molecular weight is 360 g/mol. The molecule has 26 heavy (non-hydrogen) atoms. The number of para-hydroxylation sites is 1. The Kier molecular flexibility index (Phi) is 4.76. The summed E-state index contributed by atoms with van der Waals surface area (Å²) in [6, 6.07) is 14.0. The van der Waals surface area contributed by atoms with E-state index in [2.05, 4.69) is 46.8 Å². The van der Waals surface area contributed by atoms with Crippen molar-refractivity contribution in [3.63, 3.8) is 0 Å². The molecule has 0 radical (unpaired) electrons. The number of aryl methyl sites for hydroxylation is 1. The number of rotatable bonds is 4. The van der Waals surface area contributed by atoms with Crippen LogP contribution in [0.5, 0.6) is 0 Å². The molecule has 1 aliphatic carbocycles. The minimum absolute atomic E-state index is 0.0187. The highest BCUT2D eigenvalue weighted by Gasteiger charge is 2.14. The minimum Gasteiger partial charge on any atom is -0.304 e. The van der Waals surface area contributed by atoms with Gasteiger partial charge in [0, 0.05) is 28.5 Å². The highest BCUT2D eigenvalue weighted by Crippen LogP contribution is 2.33. The number of fused-ring (bicyclic) bond motifs is 1. The summed E-state index contributed by atoms with van der Waals surface area (Å²) in [5, 5.41) is 1.59. The zero-order valence-corrected chi connectivity index (χ0v) is 15.5. The zero-order chi connectivity index (χ0) is 17.9. The van der Waals surface area contributed by atoms with Crippen molar-refractivity contribution in [3.8, 4) is 5.69 Å². The fourth-order valence-electron chi connectivity index (χ4n) is 3.13. The lowest BCUT2D eigenvalue weighted by atomic mass is 10.2. The van der Waals surface area contributed by atoms with E-state index in [1.54, 1.807) is 24.0 Å². The molecule has 0 saturated heterocycles. The molecule has 4 rings (SSSR count). The van der Waals surface area contributed by atoms with Gasteiger partial charge in [-0.1, -0.05) is 55.1 Å². The molecule has 0 bridgehead atoms. The van der Waals surface area contributed by atoms with E-state index in [1.165, 1.54) is 4.91 Å². The van der Waals surface area contributed by atoms with Crippen molar-refractivity contribution in [2.75, 3.05) is 0 Å². The summed E-state index contributed by atoms with van der Waals surface area (Å²) in [6.07, 6.45) is 11.2. The Hall–Kier alpha value is -2.59. The Bertz CT molecular complexity index is 1060. The summed E-state index contributed by atoms with van der Waals surface area (Å²) in [5.74, 6) is 0. The summed E-state index contributed by atoms with van der Waals surface area (Å²) in [5.41, 5.74) is 2.97. The van der Waals surface area contributed by atoms with Crippen LogP contribution in [0.3, 0.4) is 0 Å². The van der Waals surface area contributed by atoms with Gasteiger partial charge in [-0.25, -0.2) is 0 Å². The highest BCUT2D eigenvalue weighted by atomic mass is 32.2. The van der Waals surface area contributed by atoms with E-state index in [9.17, 15) is 4.79 Å². The standard InChI is InChI=1S/C22H20N2OS/c1-2-16-13-20-19(15-23-16)21(25)14-22(26-18-11-7-4-8-12-18)24(20)17-9-5-3-6-10-17/h3,5-7,9-15H,2,4,8H2,1H3. The second-order valence-corrected chi connectivity index (χ2v) is 7.35. The molecule has 1 aliphatic rings. The maximum atomic E-state index is 12.7. The predicted octanol–water partition coefficient (Wildman–Crippen LogP) is 5.27. The predicted molar refractivity (Wildman–Crippen MR) is 109 cm³/mol. The van der Waals surface area contributed by atoms with Crippen molar-refractivity contribution in [2.24, 2.45) is 0 Å². The largest absolute Gasteiger partial charge is 0.304 e. The van der Waals surface area contributed by atoms with Gasteiger partial charge in [0.2, 0.25) is 0 Å². The molecule has 0 atom stereocenters. The van der Waals surface area contributed by atoms with E-state index < -0.39 is 0 Å². The first-order chi connectivity index (χ1) is 12.8. The summed E-state index contributed by atoms with van der Waals surface area (Å²) >= 11 is 1.65. The Labute approximate surface area is 157 Å². The lowest BCUT2D eigenvalue weighted by molar-refractivity contribution is 0.949. The van der Waals surface area contributed by atoms with Gasteiger partial charge in [0.25, 0.3) is 0 Å². The zero-order valence-electron chi connectivity index (χ0n) is 14.7. The molecule has 1 aromatic carbocycles. The van der Waals surface area contributed by atoms with Crippen LogP contribution in [0.4, 0.5) is 0 Å². The van der Waals surface area contributed by atoms with Crippen LogP contribution in [0.25, 0.3) is 16.6 Å². The van der Waals surface area contributed by atoms with Crippen LogP contribution in [0.1, 0.15) is 25.5 Å². The Morgan fingerprint density at radius 3 is 2.73 bits per heavy atom. The first-order valence-electron chi connectivity index (χ1n) is 8.91. The van der Waals surface area contributed by atoms with E-state index in [1.807, 2.05) is 24.3 Å². The molecule has 0 spiro atoms. The molecule has 0 fully saturated rings. The van der Waals surface area contributed by atoms with Gasteiger partial charge in [0.15, 0.2) is 5.43 Å². The second kappa shape index (κ2) is 7.34. The molecule has 0 N–H and O–H groups in total. The van der Waals surface area contributed by atoms with Crippen LogP contribution >= 0.6 is 11.8 Å². The van der Waals surface area contributed by atoms with Crippen molar-refractivity contribution >= 4 is 22.7 Å². The number of benzene rings is 1. The number of allylic oxidation sites excluding steroid dienone is 3. The molecule has 0 aliphatic heterocycles. The van der Waals surface area contributed by atoms with Crippen LogP contribution in [0.2, 0.25) is 0 Å². The third kappa shape index (κ3) is 3.25. The van der Waals surface area contributed by atoms with E-state index in [0.29, 0.717) is 5.39 Å². The third-order valence-electron chi connectivity index (χ3n) is 4.48. The molecule has 3 aromatic rings. The summed E-state index contributed by atoms with van der Waals surface area (Å²) in [6.45, 7) is 2.08. The van der Waals surface area contributed by atoms with Crippen molar-refractivity contribution in [3.05, 3.63) is 87.7 Å². The molecule has 4 heteroatoms. The average Bonchev–Trinajstić information content (AvgIpc) is 2.69. The van der Waals surface area contributed by atoms with E-state index >= 15 is 0 Å². The number of hydrogen-bond acceptors (Lipinski definition) is 3. The number of nitrogens with zero attached hydrogens (tertiary/aromatic N) is 2. The first-order valence-corrected chi connectivity index (χ1v) is 9.72. The monoisotopic (exact) mass is 360 g/mol. The quantitative estimate of drug-likeness (QED) is 0.635. The van der Waals surface area contributed by atoms with Gasteiger partial charge in [-0.2, -0.15) is 0 Å². The van der Waals surface area contributed by atoms with Gasteiger partial charge in [-0.15, -0.1) is 0 Å². The number of hydrogen-bond donors (Lipinski definition) is 0. The summed E-state index contributed by atoms with van der Waals surface area (Å²) in [7, 11) is 0. The van der Waals surface area contributed by atoms with Crippen LogP contribution in [-0.2, 0) is 6.42 Å². The van der Waals surface area contributed by atoms with Gasteiger partial charge < -0.3 is 4.57 Å². The summed E-state index contributed by atoms with van der Waals surface area (Å²) in [4.78, 5) is 18.3. The SMILES string of the molecule is CCc1cc2c(cn1)c(=O)cc(SC1=CCCC=C1)n2-c1ccccc1. The van der Waals surface area contributed by atoms with Crippen molar-refractivity contribution in [1.82, 2.24) is 9.55 Å². The molecule has 0 unspecified atom stereocenters. The minimum atomic E-state index is 0.0187. The fraction of sp³-hybridized carbons (Fsp3) is 0.182. The molecule has 0 saturated carbocycles. The number of pyridine rings is 2. The maximum absolute atomic E-state index is 12.7. The van der Waals surface area contributed by atoms with Gasteiger partial charge in [0.05, 0.1) is 15.9 Å². The van der Waals surface area contributed by atoms with E-state index in [0.717, 1.165) is 41.2 Å². The Morgan fingerprint density at radius 2 is 2.00 bits per heavy atom. The summed E-state index contributed by atoms with van der Waals surface area (Å²) < 4.78 is 2.17. The van der Waals surface area contributed by atoms with Crippen LogP contribution in [0, 0.1) is 0 Å². The first kappa shape index (κ1) is 16.9. The normalized spacial score (nSPS) is 13.8. The third-order valence-corrected chi connectivity index (χ3v) is 5.53. The van der Waals surface area contributed by atoms with Gasteiger partial charge in [-0.05, 0) is 37.5 Å². The Balaban J connectivity index is 1.99. The molecular formula is C22H20N2OS. The molecular weight excluding hydrogens is 340 g/mol.